The molecule has 2 aromatic rings. The van der Waals surface area contributed by atoms with E-state index in [1.165, 1.54) is 0 Å². The van der Waals surface area contributed by atoms with Crippen LogP contribution < -0.4 is 0 Å². The lowest BCUT2D eigenvalue weighted by atomic mass is 10.00. The number of hydrogen-bond donors (Lipinski definition) is 0. The zero-order valence-electron chi connectivity index (χ0n) is 15.2. The van der Waals surface area contributed by atoms with Gasteiger partial charge in [-0.05, 0) is 48.9 Å². The first-order chi connectivity index (χ1) is 12.7. The van der Waals surface area contributed by atoms with Crippen LogP contribution in [0.25, 0.3) is 11.1 Å². The molecule has 0 saturated carbocycles. The van der Waals surface area contributed by atoms with Crippen LogP contribution in [0.5, 0.6) is 0 Å². The minimum Gasteiger partial charge on any atom is -0.452 e. The predicted molar refractivity (Wildman–Crippen MR) is 102 cm³/mol. The van der Waals surface area contributed by atoms with Gasteiger partial charge < -0.3 is 9.64 Å². The fourth-order valence-corrected chi connectivity index (χ4v) is 3.48. The van der Waals surface area contributed by atoms with E-state index < -0.39 is 5.97 Å². The Morgan fingerprint density at radius 1 is 1.00 bits per heavy atom. The van der Waals surface area contributed by atoms with Gasteiger partial charge in [-0.25, -0.2) is 4.79 Å². The van der Waals surface area contributed by atoms with Gasteiger partial charge in [0.1, 0.15) is 0 Å². The van der Waals surface area contributed by atoms with Crippen molar-refractivity contribution in [3.63, 3.8) is 0 Å². The van der Waals surface area contributed by atoms with Crippen molar-refractivity contribution in [2.75, 3.05) is 13.2 Å². The highest BCUT2D eigenvalue weighted by atomic mass is 16.5. The molecule has 26 heavy (non-hydrogen) atoms. The molecule has 4 nitrogen and oxygen atoms in total. The standard InChI is InChI=1S/C22H25NO3/c1-2-20-10-6-7-15-23(20)21(24)16-26-22(25)19-13-11-18(12-14-19)17-8-4-3-5-9-17/h3-5,8-9,11-14,20H,2,6-7,10,15-16H2,1H3. The maximum atomic E-state index is 12.4. The van der Waals surface area contributed by atoms with Gasteiger partial charge in [0.2, 0.25) is 0 Å². The highest BCUT2D eigenvalue weighted by Crippen LogP contribution is 2.21. The third-order valence-corrected chi connectivity index (χ3v) is 4.97. The van der Waals surface area contributed by atoms with Crippen LogP contribution in [-0.4, -0.2) is 36.0 Å². The Bertz CT molecular complexity index is 740. The molecule has 1 atom stereocenters. The summed E-state index contributed by atoms with van der Waals surface area (Å²) in [6, 6.07) is 17.5. The first-order valence-corrected chi connectivity index (χ1v) is 9.31. The summed E-state index contributed by atoms with van der Waals surface area (Å²) in [6.07, 6.45) is 4.17. The fraction of sp³-hybridized carbons (Fsp3) is 0.364. The molecule has 1 aliphatic heterocycles. The second-order valence-corrected chi connectivity index (χ2v) is 6.66. The molecule has 2 aromatic carbocycles. The van der Waals surface area contributed by atoms with E-state index in [1.54, 1.807) is 12.1 Å². The second-order valence-electron chi connectivity index (χ2n) is 6.66. The molecule has 0 bridgehead atoms. The Kier molecular flexibility index (Phi) is 6.05. The van der Waals surface area contributed by atoms with Gasteiger partial charge in [-0.15, -0.1) is 0 Å². The third-order valence-electron chi connectivity index (χ3n) is 4.97. The van der Waals surface area contributed by atoms with Crippen molar-refractivity contribution in [1.29, 1.82) is 0 Å². The molecule has 1 unspecified atom stereocenters. The number of ether oxygens (including phenoxy) is 1. The van der Waals surface area contributed by atoms with E-state index in [9.17, 15) is 9.59 Å². The van der Waals surface area contributed by atoms with Crippen molar-refractivity contribution in [2.45, 2.75) is 38.6 Å². The minimum atomic E-state index is -0.456. The van der Waals surface area contributed by atoms with Crippen LogP contribution >= 0.6 is 0 Å². The molecule has 1 heterocycles. The van der Waals surface area contributed by atoms with Crippen molar-refractivity contribution in [2.24, 2.45) is 0 Å². The Morgan fingerprint density at radius 3 is 2.38 bits per heavy atom. The molecule has 136 valence electrons. The SMILES string of the molecule is CCC1CCCCN1C(=O)COC(=O)c1ccc(-c2ccccc2)cc1. The summed E-state index contributed by atoms with van der Waals surface area (Å²) in [5, 5.41) is 0. The molecule has 1 amide bonds. The zero-order valence-corrected chi connectivity index (χ0v) is 15.2. The summed E-state index contributed by atoms with van der Waals surface area (Å²) in [7, 11) is 0. The molecule has 0 N–H and O–H groups in total. The van der Waals surface area contributed by atoms with Gasteiger partial charge in [-0.1, -0.05) is 49.4 Å². The molecule has 0 aliphatic carbocycles. The summed E-state index contributed by atoms with van der Waals surface area (Å²) in [5.74, 6) is -0.547. The molecular formula is C22H25NO3. The normalized spacial score (nSPS) is 17.0. The largest absolute Gasteiger partial charge is 0.452 e. The number of hydrogen-bond acceptors (Lipinski definition) is 3. The van der Waals surface area contributed by atoms with Crippen molar-refractivity contribution in [3.8, 4) is 11.1 Å². The molecule has 3 rings (SSSR count). The van der Waals surface area contributed by atoms with Gasteiger partial charge in [0.15, 0.2) is 6.61 Å². The Balaban J connectivity index is 1.57. The van der Waals surface area contributed by atoms with Gasteiger partial charge in [-0.3, -0.25) is 4.79 Å². The first-order valence-electron chi connectivity index (χ1n) is 9.31. The molecular weight excluding hydrogens is 326 g/mol. The predicted octanol–water partition coefficient (Wildman–Crippen LogP) is 4.30. The maximum Gasteiger partial charge on any atom is 0.338 e. The average Bonchev–Trinajstić information content (AvgIpc) is 2.72. The zero-order chi connectivity index (χ0) is 18.4. The van der Waals surface area contributed by atoms with Crippen LogP contribution in [-0.2, 0) is 9.53 Å². The fourth-order valence-electron chi connectivity index (χ4n) is 3.48. The number of esters is 1. The van der Waals surface area contributed by atoms with E-state index in [2.05, 4.69) is 6.92 Å². The number of piperidine rings is 1. The van der Waals surface area contributed by atoms with Gasteiger partial charge >= 0.3 is 5.97 Å². The summed E-state index contributed by atoms with van der Waals surface area (Å²) in [6.45, 7) is 2.67. The van der Waals surface area contributed by atoms with Gasteiger partial charge in [0.05, 0.1) is 5.56 Å². The number of likely N-dealkylation sites (tertiary alicyclic amines) is 1. The van der Waals surface area contributed by atoms with Crippen molar-refractivity contribution in [1.82, 2.24) is 4.90 Å². The van der Waals surface area contributed by atoms with Gasteiger partial charge in [0, 0.05) is 12.6 Å². The molecule has 1 fully saturated rings. The Labute approximate surface area is 154 Å². The van der Waals surface area contributed by atoms with Crippen LogP contribution in [0.1, 0.15) is 43.0 Å². The van der Waals surface area contributed by atoms with Crippen LogP contribution in [0.15, 0.2) is 54.6 Å². The summed E-state index contributed by atoms with van der Waals surface area (Å²) < 4.78 is 5.25. The quantitative estimate of drug-likeness (QED) is 0.755. The number of nitrogens with zero attached hydrogens (tertiary/aromatic N) is 1. The van der Waals surface area contributed by atoms with Gasteiger partial charge in [0.25, 0.3) is 5.91 Å². The molecule has 1 saturated heterocycles. The molecule has 0 aromatic heterocycles. The van der Waals surface area contributed by atoms with Crippen molar-refractivity contribution >= 4 is 11.9 Å². The maximum absolute atomic E-state index is 12.4. The summed E-state index contributed by atoms with van der Waals surface area (Å²) in [4.78, 5) is 26.5. The smallest absolute Gasteiger partial charge is 0.338 e. The summed E-state index contributed by atoms with van der Waals surface area (Å²) >= 11 is 0. The number of rotatable bonds is 5. The number of benzene rings is 2. The van der Waals surface area contributed by atoms with E-state index in [1.807, 2.05) is 47.4 Å². The summed E-state index contributed by atoms with van der Waals surface area (Å²) in [5.41, 5.74) is 2.60. The van der Waals surface area contributed by atoms with E-state index in [4.69, 9.17) is 4.74 Å². The van der Waals surface area contributed by atoms with Gasteiger partial charge in [-0.2, -0.15) is 0 Å². The van der Waals surface area contributed by atoms with Crippen molar-refractivity contribution in [3.05, 3.63) is 60.2 Å². The average molecular weight is 351 g/mol. The van der Waals surface area contributed by atoms with E-state index in [-0.39, 0.29) is 18.6 Å². The van der Waals surface area contributed by atoms with E-state index in [0.29, 0.717) is 5.56 Å². The monoisotopic (exact) mass is 351 g/mol. The third kappa shape index (κ3) is 4.31. The van der Waals surface area contributed by atoms with Crippen LogP contribution in [0, 0.1) is 0 Å². The van der Waals surface area contributed by atoms with Crippen LogP contribution in [0.4, 0.5) is 0 Å². The van der Waals surface area contributed by atoms with E-state index in [0.717, 1.165) is 43.4 Å². The number of carbonyl (C=O) groups excluding carboxylic acids is 2. The Hall–Kier alpha value is -2.62. The molecule has 1 aliphatic rings. The number of amides is 1. The van der Waals surface area contributed by atoms with Crippen molar-refractivity contribution < 1.29 is 14.3 Å². The topological polar surface area (TPSA) is 46.6 Å². The molecule has 4 heteroatoms. The first kappa shape index (κ1) is 18.2. The Morgan fingerprint density at radius 2 is 1.69 bits per heavy atom. The minimum absolute atomic E-state index is 0.0918. The lowest BCUT2D eigenvalue weighted by Crippen LogP contribution is -2.45. The number of carbonyl (C=O) groups is 2. The molecule has 0 radical (unpaired) electrons. The van der Waals surface area contributed by atoms with E-state index >= 15 is 0 Å². The lowest BCUT2D eigenvalue weighted by Gasteiger charge is -2.35. The van der Waals surface area contributed by atoms with Crippen LogP contribution in [0.3, 0.4) is 0 Å². The molecule has 0 spiro atoms. The highest BCUT2D eigenvalue weighted by Gasteiger charge is 2.26. The lowest BCUT2D eigenvalue weighted by molar-refractivity contribution is -0.138. The van der Waals surface area contributed by atoms with Crippen LogP contribution in [0.2, 0.25) is 0 Å². The highest BCUT2D eigenvalue weighted by molar-refractivity contribution is 5.92. The second kappa shape index (κ2) is 8.65.